The molecule has 0 radical (unpaired) electrons. The van der Waals surface area contributed by atoms with Gasteiger partial charge in [0.15, 0.2) is 9.84 Å². The van der Waals surface area contributed by atoms with Crippen molar-refractivity contribution >= 4 is 21.7 Å². The fraction of sp³-hybridized carbons (Fsp3) is 0.818. The zero-order valence-corrected chi connectivity index (χ0v) is 12.5. The molecule has 0 aliphatic carbocycles. The first-order chi connectivity index (χ1) is 7.95. The molecular weight excluding hydrogens is 258 g/mol. The first-order valence-electron chi connectivity index (χ1n) is 5.48. The van der Waals surface area contributed by atoms with Gasteiger partial charge in [0.1, 0.15) is 4.75 Å². The molecule has 0 fully saturated rings. The van der Waals surface area contributed by atoms with E-state index in [2.05, 4.69) is 4.74 Å². The Morgan fingerprint density at radius 1 is 1.33 bits per heavy atom. The molecule has 1 atom stereocenters. The Labute approximate surface area is 108 Å². The van der Waals surface area contributed by atoms with Gasteiger partial charge in [-0.3, -0.25) is 9.59 Å². The van der Waals surface area contributed by atoms with Crippen molar-refractivity contribution in [3.8, 4) is 0 Å². The molecule has 0 aromatic heterocycles. The molecule has 6 nitrogen and oxygen atoms in total. The van der Waals surface area contributed by atoms with Gasteiger partial charge in [-0.25, -0.2) is 8.42 Å². The average Bonchev–Trinajstić information content (AvgIpc) is 2.24. The van der Waals surface area contributed by atoms with E-state index < -0.39 is 32.4 Å². The van der Waals surface area contributed by atoms with Crippen molar-refractivity contribution in [3.63, 3.8) is 0 Å². The SMILES string of the molecule is COC(=O)C(C)CN(C)C(=O)C(C)(C)S(C)(=O)=O. The second kappa shape index (κ2) is 5.69. The monoisotopic (exact) mass is 279 g/mol. The average molecular weight is 279 g/mol. The van der Waals surface area contributed by atoms with Gasteiger partial charge in [0.2, 0.25) is 5.91 Å². The van der Waals surface area contributed by atoms with E-state index in [0.29, 0.717) is 0 Å². The minimum Gasteiger partial charge on any atom is -0.469 e. The van der Waals surface area contributed by atoms with Crippen LogP contribution in [0, 0.1) is 5.92 Å². The molecular formula is C11H21NO5S. The van der Waals surface area contributed by atoms with Crippen molar-refractivity contribution in [3.05, 3.63) is 0 Å². The van der Waals surface area contributed by atoms with E-state index in [1.54, 1.807) is 6.92 Å². The lowest BCUT2D eigenvalue weighted by Crippen LogP contribution is -2.49. The third-order valence-electron chi connectivity index (χ3n) is 2.94. The lowest BCUT2D eigenvalue weighted by atomic mass is 10.1. The second-order valence-electron chi connectivity index (χ2n) is 4.89. The number of hydrogen-bond donors (Lipinski definition) is 0. The van der Waals surface area contributed by atoms with E-state index in [0.717, 1.165) is 6.26 Å². The molecule has 1 unspecified atom stereocenters. The van der Waals surface area contributed by atoms with E-state index in [9.17, 15) is 18.0 Å². The Hall–Kier alpha value is -1.11. The topological polar surface area (TPSA) is 80.8 Å². The summed E-state index contributed by atoms with van der Waals surface area (Å²) in [7, 11) is -0.784. The van der Waals surface area contributed by atoms with Crippen molar-refractivity contribution in [2.75, 3.05) is 27.0 Å². The number of methoxy groups -OCH3 is 1. The predicted octanol–water partition coefficient (Wildman–Crippen LogP) is 0.0771. The summed E-state index contributed by atoms with van der Waals surface area (Å²) in [6.07, 6.45) is 1.02. The molecule has 18 heavy (non-hydrogen) atoms. The number of amides is 1. The van der Waals surface area contributed by atoms with Crippen LogP contribution in [0.3, 0.4) is 0 Å². The Kier molecular flexibility index (Phi) is 5.34. The molecule has 0 rings (SSSR count). The third-order valence-corrected chi connectivity index (χ3v) is 4.97. The van der Waals surface area contributed by atoms with Gasteiger partial charge in [0, 0.05) is 19.8 Å². The van der Waals surface area contributed by atoms with E-state index in [-0.39, 0.29) is 6.54 Å². The van der Waals surface area contributed by atoms with E-state index >= 15 is 0 Å². The molecule has 0 bridgehead atoms. The first-order valence-corrected chi connectivity index (χ1v) is 7.37. The Morgan fingerprint density at radius 3 is 2.11 bits per heavy atom. The van der Waals surface area contributed by atoms with Crippen LogP contribution in [0.15, 0.2) is 0 Å². The molecule has 0 N–H and O–H groups in total. The largest absolute Gasteiger partial charge is 0.469 e. The molecule has 0 spiro atoms. The van der Waals surface area contributed by atoms with Gasteiger partial charge in [0.25, 0.3) is 0 Å². The molecule has 0 aromatic rings. The van der Waals surface area contributed by atoms with Crippen LogP contribution in [0.25, 0.3) is 0 Å². The summed E-state index contributed by atoms with van der Waals surface area (Å²) in [5, 5.41) is 0. The fourth-order valence-corrected chi connectivity index (χ4v) is 1.86. The third kappa shape index (κ3) is 3.69. The van der Waals surface area contributed by atoms with Gasteiger partial charge in [-0.05, 0) is 13.8 Å². The number of esters is 1. The number of sulfone groups is 1. The van der Waals surface area contributed by atoms with Gasteiger partial charge >= 0.3 is 5.97 Å². The van der Waals surface area contributed by atoms with Crippen LogP contribution in [-0.2, 0) is 24.2 Å². The Balaban J connectivity index is 4.88. The van der Waals surface area contributed by atoms with E-state index in [4.69, 9.17) is 0 Å². The van der Waals surface area contributed by atoms with Crippen LogP contribution in [0.5, 0.6) is 0 Å². The maximum atomic E-state index is 12.1. The van der Waals surface area contributed by atoms with Gasteiger partial charge in [-0.1, -0.05) is 6.92 Å². The van der Waals surface area contributed by atoms with Crippen LogP contribution in [-0.4, -0.2) is 56.9 Å². The molecule has 0 aromatic carbocycles. The highest BCUT2D eigenvalue weighted by Gasteiger charge is 2.40. The van der Waals surface area contributed by atoms with E-state index in [1.807, 2.05) is 0 Å². The van der Waals surface area contributed by atoms with Gasteiger partial charge in [-0.15, -0.1) is 0 Å². The minimum absolute atomic E-state index is 0.116. The summed E-state index contributed by atoms with van der Waals surface area (Å²) >= 11 is 0. The number of ether oxygens (including phenoxy) is 1. The highest BCUT2D eigenvalue weighted by atomic mass is 32.2. The summed E-state index contributed by atoms with van der Waals surface area (Å²) in [5.74, 6) is -1.48. The number of carbonyl (C=O) groups excluding carboxylic acids is 2. The van der Waals surface area contributed by atoms with Crippen molar-refractivity contribution in [2.24, 2.45) is 5.92 Å². The molecule has 0 saturated heterocycles. The lowest BCUT2D eigenvalue weighted by molar-refractivity contribution is -0.146. The fourth-order valence-electron chi connectivity index (χ4n) is 1.39. The lowest BCUT2D eigenvalue weighted by Gasteiger charge is -2.29. The van der Waals surface area contributed by atoms with Crippen LogP contribution >= 0.6 is 0 Å². The molecule has 0 heterocycles. The van der Waals surface area contributed by atoms with Crippen molar-refractivity contribution in [1.82, 2.24) is 4.90 Å². The zero-order chi connectivity index (χ0) is 14.7. The maximum Gasteiger partial charge on any atom is 0.310 e. The van der Waals surface area contributed by atoms with Crippen molar-refractivity contribution in [1.29, 1.82) is 0 Å². The number of hydrogen-bond acceptors (Lipinski definition) is 5. The normalized spacial score (nSPS) is 13.9. The van der Waals surface area contributed by atoms with Crippen molar-refractivity contribution in [2.45, 2.75) is 25.5 Å². The summed E-state index contributed by atoms with van der Waals surface area (Å²) < 4.78 is 26.1. The summed E-state index contributed by atoms with van der Waals surface area (Å²) in [6, 6.07) is 0. The first kappa shape index (κ1) is 16.9. The second-order valence-corrected chi connectivity index (χ2v) is 7.46. The van der Waals surface area contributed by atoms with Crippen LogP contribution < -0.4 is 0 Å². The van der Waals surface area contributed by atoms with Gasteiger partial charge in [0.05, 0.1) is 13.0 Å². The molecule has 0 aliphatic rings. The molecule has 1 amide bonds. The van der Waals surface area contributed by atoms with Gasteiger partial charge < -0.3 is 9.64 Å². The van der Waals surface area contributed by atoms with Crippen LogP contribution in [0.2, 0.25) is 0 Å². The molecule has 7 heteroatoms. The molecule has 0 saturated carbocycles. The van der Waals surface area contributed by atoms with Crippen LogP contribution in [0.1, 0.15) is 20.8 Å². The molecule has 0 aliphatic heterocycles. The summed E-state index contributed by atoms with van der Waals surface area (Å²) in [5.41, 5.74) is 0. The summed E-state index contributed by atoms with van der Waals surface area (Å²) in [6.45, 7) is 4.43. The van der Waals surface area contributed by atoms with Gasteiger partial charge in [-0.2, -0.15) is 0 Å². The Bertz CT molecular complexity index is 427. The maximum absolute atomic E-state index is 12.1. The number of carbonyl (C=O) groups is 2. The van der Waals surface area contributed by atoms with E-state index in [1.165, 1.54) is 32.9 Å². The minimum atomic E-state index is -3.52. The number of rotatable bonds is 5. The molecule has 106 valence electrons. The quantitative estimate of drug-likeness (QED) is 0.666. The highest BCUT2D eigenvalue weighted by Crippen LogP contribution is 2.18. The zero-order valence-electron chi connectivity index (χ0n) is 11.7. The number of nitrogens with zero attached hydrogens (tertiary/aromatic N) is 1. The Morgan fingerprint density at radius 2 is 1.78 bits per heavy atom. The van der Waals surface area contributed by atoms with Crippen molar-refractivity contribution < 1.29 is 22.7 Å². The smallest absolute Gasteiger partial charge is 0.310 e. The summed E-state index contributed by atoms with van der Waals surface area (Å²) in [4.78, 5) is 24.5. The standard InChI is InChI=1S/C11H21NO5S/c1-8(9(13)17-5)7-12(4)10(14)11(2,3)18(6,15)16/h8H,7H2,1-6H3. The van der Waals surface area contributed by atoms with Crippen LogP contribution in [0.4, 0.5) is 0 Å². The predicted molar refractivity (Wildman–Crippen MR) is 67.7 cm³/mol. The highest BCUT2D eigenvalue weighted by molar-refractivity contribution is 7.92.